The van der Waals surface area contributed by atoms with Crippen LogP contribution in [0, 0.1) is 5.82 Å². The van der Waals surface area contributed by atoms with Crippen LogP contribution in [0.5, 0.6) is 5.75 Å². The van der Waals surface area contributed by atoms with Gasteiger partial charge in [0.15, 0.2) is 11.6 Å². The van der Waals surface area contributed by atoms with Gasteiger partial charge in [0.1, 0.15) is 17.0 Å². The van der Waals surface area contributed by atoms with Crippen LogP contribution in [-0.2, 0) is 6.42 Å². The first-order valence-corrected chi connectivity index (χ1v) is 9.58. The summed E-state index contributed by atoms with van der Waals surface area (Å²) in [7, 11) is 1.48. The Kier molecular flexibility index (Phi) is 4.63. The maximum Gasteiger partial charge on any atom is 0.167 e. The normalized spacial score (nSPS) is 14.9. The molecule has 4 rings (SSSR count). The summed E-state index contributed by atoms with van der Waals surface area (Å²) in [6, 6.07) is 7.35. The molecule has 0 saturated carbocycles. The van der Waals surface area contributed by atoms with Gasteiger partial charge in [0.2, 0.25) is 0 Å². The predicted molar refractivity (Wildman–Crippen MR) is 104 cm³/mol. The molecule has 0 N–H and O–H groups in total. The Morgan fingerprint density at radius 1 is 1.12 bits per heavy atom. The molecule has 0 unspecified atom stereocenters. The van der Waals surface area contributed by atoms with Crippen molar-refractivity contribution in [3.05, 3.63) is 41.3 Å². The van der Waals surface area contributed by atoms with Gasteiger partial charge in [0.05, 0.1) is 12.5 Å². The standard InChI is InChI=1S/C19H21FN4OS/c1-3-14-11-15-18(21-12-22-19(15)26-14)24-8-6-23(7-9-24)13-4-5-17(25-2)16(20)10-13/h4-5,10-12H,3,6-9H2,1-2H3. The van der Waals surface area contributed by atoms with Crippen LogP contribution < -0.4 is 14.5 Å². The topological polar surface area (TPSA) is 41.5 Å². The minimum absolute atomic E-state index is 0.278. The second-order valence-electron chi connectivity index (χ2n) is 6.28. The SMILES string of the molecule is CCc1cc2c(N3CCN(c4ccc(OC)c(F)c4)CC3)ncnc2s1. The molecule has 1 aromatic carbocycles. The van der Waals surface area contributed by atoms with Gasteiger partial charge in [-0.15, -0.1) is 11.3 Å². The van der Waals surface area contributed by atoms with E-state index in [9.17, 15) is 4.39 Å². The molecule has 1 fully saturated rings. The van der Waals surface area contributed by atoms with E-state index in [0.29, 0.717) is 0 Å². The van der Waals surface area contributed by atoms with Gasteiger partial charge in [-0.1, -0.05) is 6.92 Å². The third-order valence-corrected chi connectivity index (χ3v) is 5.97. The van der Waals surface area contributed by atoms with Crippen LogP contribution in [0.2, 0.25) is 0 Å². The van der Waals surface area contributed by atoms with Gasteiger partial charge >= 0.3 is 0 Å². The number of ether oxygens (including phenoxy) is 1. The van der Waals surface area contributed by atoms with Gasteiger partial charge in [-0.25, -0.2) is 14.4 Å². The van der Waals surface area contributed by atoms with Gasteiger partial charge < -0.3 is 14.5 Å². The molecule has 7 heteroatoms. The second-order valence-corrected chi connectivity index (χ2v) is 7.39. The van der Waals surface area contributed by atoms with Gasteiger partial charge in [-0.05, 0) is 24.6 Å². The summed E-state index contributed by atoms with van der Waals surface area (Å²) in [6.45, 7) is 5.49. The highest BCUT2D eigenvalue weighted by Crippen LogP contribution is 2.31. The average Bonchev–Trinajstić information content (AvgIpc) is 3.11. The van der Waals surface area contributed by atoms with Gasteiger partial charge in [0, 0.05) is 42.8 Å². The predicted octanol–water partition coefficient (Wildman–Crippen LogP) is 3.73. The van der Waals surface area contributed by atoms with Crippen molar-refractivity contribution < 1.29 is 9.13 Å². The fourth-order valence-corrected chi connectivity index (χ4v) is 4.28. The van der Waals surface area contributed by atoms with Crippen molar-refractivity contribution in [2.75, 3.05) is 43.1 Å². The monoisotopic (exact) mass is 372 g/mol. The number of halogens is 1. The largest absolute Gasteiger partial charge is 0.494 e. The summed E-state index contributed by atoms with van der Waals surface area (Å²) in [5.74, 6) is 0.960. The number of rotatable bonds is 4. The Hall–Kier alpha value is -2.41. The Bertz CT molecular complexity index is 921. The summed E-state index contributed by atoms with van der Waals surface area (Å²) >= 11 is 1.74. The molecule has 0 atom stereocenters. The molecule has 3 aromatic rings. The minimum Gasteiger partial charge on any atom is -0.494 e. The summed E-state index contributed by atoms with van der Waals surface area (Å²) < 4.78 is 19.0. The van der Waals surface area contributed by atoms with E-state index in [2.05, 4.69) is 32.8 Å². The Balaban J connectivity index is 1.52. The van der Waals surface area contributed by atoms with Crippen molar-refractivity contribution in [2.24, 2.45) is 0 Å². The van der Waals surface area contributed by atoms with E-state index in [0.717, 1.165) is 54.3 Å². The number of nitrogens with zero attached hydrogens (tertiary/aromatic N) is 4. The molecule has 1 aliphatic rings. The maximum absolute atomic E-state index is 14.0. The van der Waals surface area contributed by atoms with Crippen molar-refractivity contribution in [3.63, 3.8) is 0 Å². The second kappa shape index (κ2) is 7.07. The van der Waals surface area contributed by atoms with E-state index in [4.69, 9.17) is 4.74 Å². The van der Waals surface area contributed by atoms with Crippen LogP contribution in [0.25, 0.3) is 10.2 Å². The summed E-state index contributed by atoms with van der Waals surface area (Å²) in [5, 5.41) is 1.14. The van der Waals surface area contributed by atoms with Crippen molar-refractivity contribution in [2.45, 2.75) is 13.3 Å². The van der Waals surface area contributed by atoms with E-state index in [1.54, 1.807) is 29.8 Å². The molecule has 3 heterocycles. The third kappa shape index (κ3) is 3.07. The zero-order valence-electron chi connectivity index (χ0n) is 14.9. The molecule has 5 nitrogen and oxygen atoms in total. The number of methoxy groups -OCH3 is 1. The molecule has 26 heavy (non-hydrogen) atoms. The lowest BCUT2D eigenvalue weighted by atomic mass is 10.2. The number of aryl methyl sites for hydroxylation is 1. The number of hydrogen-bond donors (Lipinski definition) is 0. The average molecular weight is 372 g/mol. The van der Waals surface area contributed by atoms with Crippen LogP contribution >= 0.6 is 11.3 Å². The number of fused-ring (bicyclic) bond motifs is 1. The number of piperazine rings is 1. The summed E-state index contributed by atoms with van der Waals surface area (Å²) in [5.41, 5.74) is 0.889. The fourth-order valence-electron chi connectivity index (χ4n) is 3.35. The smallest absolute Gasteiger partial charge is 0.167 e. The highest BCUT2D eigenvalue weighted by Gasteiger charge is 2.21. The molecule has 0 bridgehead atoms. The molecule has 0 spiro atoms. The Morgan fingerprint density at radius 3 is 2.58 bits per heavy atom. The van der Waals surface area contributed by atoms with E-state index in [1.807, 2.05) is 6.07 Å². The first-order chi connectivity index (χ1) is 12.7. The molecule has 0 amide bonds. The lowest BCUT2D eigenvalue weighted by Crippen LogP contribution is -2.46. The third-order valence-electron chi connectivity index (χ3n) is 4.79. The minimum atomic E-state index is -0.324. The lowest BCUT2D eigenvalue weighted by molar-refractivity contribution is 0.386. The molecular formula is C19H21FN4OS. The first kappa shape index (κ1) is 17.0. The quantitative estimate of drug-likeness (QED) is 0.698. The van der Waals surface area contributed by atoms with Crippen molar-refractivity contribution >= 4 is 33.1 Å². The van der Waals surface area contributed by atoms with Crippen LogP contribution in [0.1, 0.15) is 11.8 Å². The Labute approximate surface area is 156 Å². The number of benzene rings is 1. The number of hydrogen-bond acceptors (Lipinski definition) is 6. The highest BCUT2D eigenvalue weighted by molar-refractivity contribution is 7.18. The molecule has 0 aliphatic carbocycles. The first-order valence-electron chi connectivity index (χ1n) is 8.76. The van der Waals surface area contributed by atoms with Crippen molar-refractivity contribution in [3.8, 4) is 5.75 Å². The van der Waals surface area contributed by atoms with Gasteiger partial charge in [-0.2, -0.15) is 0 Å². The lowest BCUT2D eigenvalue weighted by Gasteiger charge is -2.37. The fraction of sp³-hybridized carbons (Fsp3) is 0.368. The Morgan fingerprint density at radius 2 is 1.88 bits per heavy atom. The number of aromatic nitrogens is 2. The summed E-state index contributed by atoms with van der Waals surface area (Å²) in [4.78, 5) is 15.8. The number of thiophene rings is 1. The van der Waals surface area contributed by atoms with Crippen LogP contribution in [0.3, 0.4) is 0 Å². The van der Waals surface area contributed by atoms with E-state index in [-0.39, 0.29) is 11.6 Å². The van der Waals surface area contributed by atoms with Gasteiger partial charge in [0.25, 0.3) is 0 Å². The molecule has 136 valence electrons. The van der Waals surface area contributed by atoms with Crippen molar-refractivity contribution in [1.82, 2.24) is 9.97 Å². The van der Waals surface area contributed by atoms with Gasteiger partial charge in [-0.3, -0.25) is 0 Å². The van der Waals surface area contributed by atoms with Crippen LogP contribution in [0.4, 0.5) is 15.9 Å². The summed E-state index contributed by atoms with van der Waals surface area (Å²) in [6.07, 6.45) is 2.66. The number of anilines is 2. The van der Waals surface area contributed by atoms with Crippen molar-refractivity contribution in [1.29, 1.82) is 0 Å². The van der Waals surface area contributed by atoms with E-state index in [1.165, 1.54) is 12.0 Å². The molecule has 1 saturated heterocycles. The molecule has 1 aliphatic heterocycles. The van der Waals surface area contributed by atoms with E-state index < -0.39 is 0 Å². The zero-order chi connectivity index (χ0) is 18.1. The zero-order valence-corrected chi connectivity index (χ0v) is 15.7. The highest BCUT2D eigenvalue weighted by atomic mass is 32.1. The van der Waals surface area contributed by atoms with Crippen LogP contribution in [-0.4, -0.2) is 43.3 Å². The molecule has 0 radical (unpaired) electrons. The molecule has 2 aromatic heterocycles. The van der Waals surface area contributed by atoms with Crippen LogP contribution in [0.15, 0.2) is 30.6 Å². The molecular weight excluding hydrogens is 351 g/mol. The van der Waals surface area contributed by atoms with E-state index >= 15 is 0 Å². The maximum atomic E-state index is 14.0.